The third-order valence-corrected chi connectivity index (χ3v) is 6.47. The molecule has 2 aromatic heterocycles. The van der Waals surface area contributed by atoms with Crippen LogP contribution in [0, 0.1) is 0 Å². The van der Waals surface area contributed by atoms with Crippen LogP contribution in [0.1, 0.15) is 31.6 Å². The van der Waals surface area contributed by atoms with Crippen LogP contribution in [-0.2, 0) is 16.0 Å². The van der Waals surface area contributed by atoms with Gasteiger partial charge < -0.3 is 19.1 Å². The summed E-state index contributed by atoms with van der Waals surface area (Å²) < 4.78 is 11.3. The van der Waals surface area contributed by atoms with Gasteiger partial charge in [0, 0.05) is 25.4 Å². The van der Waals surface area contributed by atoms with Crippen LogP contribution in [0.15, 0.2) is 22.0 Å². The second kappa shape index (κ2) is 8.08. The molecule has 1 saturated carbocycles. The highest BCUT2D eigenvalue weighted by molar-refractivity contribution is 7.13. The summed E-state index contributed by atoms with van der Waals surface area (Å²) in [5.74, 6) is 1.28. The Morgan fingerprint density at radius 3 is 3.07 bits per heavy atom. The number of thiophene rings is 1. The van der Waals surface area contributed by atoms with Gasteiger partial charge in [0.25, 0.3) is 0 Å². The quantitative estimate of drug-likeness (QED) is 0.781. The first-order valence-electron chi connectivity index (χ1n) is 9.56. The van der Waals surface area contributed by atoms with E-state index in [1.54, 1.807) is 11.3 Å². The predicted molar refractivity (Wildman–Crippen MR) is 102 cm³/mol. The Bertz CT molecular complexity index is 761. The van der Waals surface area contributed by atoms with E-state index in [2.05, 4.69) is 29.1 Å². The first-order chi connectivity index (χ1) is 13.1. The lowest BCUT2D eigenvalue weighted by Gasteiger charge is -2.47. The van der Waals surface area contributed by atoms with E-state index < -0.39 is 0 Å². The number of fused-ring (bicyclic) bond motifs is 1. The molecule has 8 heteroatoms. The number of rotatable bonds is 5. The van der Waals surface area contributed by atoms with Gasteiger partial charge in [-0.3, -0.25) is 4.79 Å². The number of aryl methyl sites for hydroxylation is 1. The van der Waals surface area contributed by atoms with Gasteiger partial charge in [-0.15, -0.1) is 11.3 Å². The van der Waals surface area contributed by atoms with Crippen molar-refractivity contribution in [1.82, 2.24) is 19.9 Å². The molecule has 7 nitrogen and oxygen atoms in total. The highest BCUT2D eigenvalue weighted by atomic mass is 32.1. The van der Waals surface area contributed by atoms with Crippen LogP contribution in [0.25, 0.3) is 10.7 Å². The van der Waals surface area contributed by atoms with Crippen molar-refractivity contribution in [3.05, 3.63) is 23.4 Å². The maximum absolute atomic E-state index is 12.8. The molecule has 27 heavy (non-hydrogen) atoms. The first kappa shape index (κ1) is 18.6. The molecule has 0 radical (unpaired) electrons. The van der Waals surface area contributed by atoms with Gasteiger partial charge in [0.2, 0.25) is 17.6 Å². The van der Waals surface area contributed by atoms with Crippen LogP contribution >= 0.6 is 11.3 Å². The number of nitrogens with zero attached hydrogens (tertiary/aromatic N) is 4. The van der Waals surface area contributed by atoms with Crippen LogP contribution in [0.4, 0.5) is 0 Å². The van der Waals surface area contributed by atoms with Crippen molar-refractivity contribution in [1.29, 1.82) is 0 Å². The van der Waals surface area contributed by atoms with E-state index in [0.29, 0.717) is 43.8 Å². The number of aromatic nitrogens is 2. The summed E-state index contributed by atoms with van der Waals surface area (Å²) in [6.45, 7) is 1.30. The largest absolute Gasteiger partial charge is 0.374 e. The zero-order valence-corrected chi connectivity index (χ0v) is 16.7. The third-order valence-electron chi connectivity index (χ3n) is 5.61. The molecule has 0 aromatic carbocycles. The number of morpholine rings is 1. The summed E-state index contributed by atoms with van der Waals surface area (Å²) in [4.78, 5) is 22.5. The minimum Gasteiger partial charge on any atom is -0.374 e. The Kier molecular flexibility index (Phi) is 5.56. The van der Waals surface area contributed by atoms with E-state index in [1.165, 1.54) is 0 Å². The van der Waals surface area contributed by atoms with Crippen molar-refractivity contribution in [3.63, 3.8) is 0 Å². The summed E-state index contributed by atoms with van der Waals surface area (Å²) in [5, 5.41) is 6.00. The van der Waals surface area contributed by atoms with Gasteiger partial charge >= 0.3 is 0 Å². The Labute approximate surface area is 163 Å². The first-order valence-corrected chi connectivity index (χ1v) is 10.4. The second-order valence-electron chi connectivity index (χ2n) is 7.48. The summed E-state index contributed by atoms with van der Waals surface area (Å²) in [5.41, 5.74) is 0. The number of hydrogen-bond donors (Lipinski definition) is 0. The molecular formula is C19H26N4O3S. The molecule has 1 aliphatic carbocycles. The second-order valence-corrected chi connectivity index (χ2v) is 8.43. The number of amides is 1. The molecule has 4 rings (SSSR count). The van der Waals surface area contributed by atoms with E-state index in [0.717, 1.165) is 24.1 Å². The molecule has 1 amide bonds. The molecule has 3 heterocycles. The summed E-state index contributed by atoms with van der Waals surface area (Å²) in [7, 11) is 4.23. The van der Waals surface area contributed by atoms with Gasteiger partial charge in [-0.25, -0.2) is 0 Å². The minimum atomic E-state index is 0.151. The lowest BCUT2D eigenvalue weighted by atomic mass is 9.86. The van der Waals surface area contributed by atoms with Crippen molar-refractivity contribution in [2.45, 2.75) is 50.3 Å². The molecule has 0 bridgehead atoms. The minimum absolute atomic E-state index is 0.151. The fraction of sp³-hybridized carbons (Fsp3) is 0.632. The van der Waals surface area contributed by atoms with Crippen molar-refractivity contribution in [2.24, 2.45) is 0 Å². The van der Waals surface area contributed by atoms with Crippen LogP contribution in [0.5, 0.6) is 0 Å². The average Bonchev–Trinajstić information content (AvgIpc) is 3.36. The number of ether oxygens (including phenoxy) is 1. The monoisotopic (exact) mass is 390 g/mol. The Balaban J connectivity index is 1.34. The van der Waals surface area contributed by atoms with E-state index >= 15 is 0 Å². The van der Waals surface area contributed by atoms with E-state index in [9.17, 15) is 4.79 Å². The topological polar surface area (TPSA) is 71.7 Å². The average molecular weight is 391 g/mol. The fourth-order valence-corrected chi connectivity index (χ4v) is 4.74. The molecular weight excluding hydrogens is 364 g/mol. The molecule has 2 aromatic rings. The number of carbonyl (C=O) groups excluding carboxylic acids is 1. The lowest BCUT2D eigenvalue weighted by Crippen LogP contribution is -2.57. The molecule has 0 spiro atoms. The SMILES string of the molecule is CN(C)C1CCC2C(C1)OCCN2C(=O)CCc1nc(-c2cccs2)no1. The highest BCUT2D eigenvalue weighted by Gasteiger charge is 2.40. The van der Waals surface area contributed by atoms with E-state index in [-0.39, 0.29) is 18.1 Å². The molecule has 1 saturated heterocycles. The smallest absolute Gasteiger partial charge is 0.227 e. The Hall–Kier alpha value is -1.77. The van der Waals surface area contributed by atoms with Gasteiger partial charge in [0.1, 0.15) is 0 Å². The van der Waals surface area contributed by atoms with Crippen LogP contribution in [0.3, 0.4) is 0 Å². The number of carbonyl (C=O) groups is 1. The summed E-state index contributed by atoms with van der Waals surface area (Å²) in [6, 6.07) is 4.66. The normalized spacial score (nSPS) is 25.6. The predicted octanol–water partition coefficient (Wildman–Crippen LogP) is 2.44. The van der Waals surface area contributed by atoms with Crippen molar-refractivity contribution in [3.8, 4) is 10.7 Å². The van der Waals surface area contributed by atoms with Gasteiger partial charge in [0.05, 0.1) is 23.6 Å². The standard InChI is InChI=1S/C19H26N4O3S/c1-22(2)13-5-6-14-15(12-13)25-10-9-23(14)18(24)8-7-17-20-19(21-26-17)16-4-3-11-27-16/h3-4,11,13-15H,5-10,12H2,1-2H3. The zero-order chi connectivity index (χ0) is 18.8. The summed E-state index contributed by atoms with van der Waals surface area (Å²) >= 11 is 1.57. The number of hydrogen-bond acceptors (Lipinski definition) is 7. The Morgan fingerprint density at radius 1 is 1.41 bits per heavy atom. The molecule has 0 N–H and O–H groups in total. The van der Waals surface area contributed by atoms with Crippen LogP contribution in [0.2, 0.25) is 0 Å². The van der Waals surface area contributed by atoms with Crippen LogP contribution in [-0.4, -0.2) is 71.3 Å². The van der Waals surface area contributed by atoms with E-state index in [1.807, 2.05) is 22.4 Å². The molecule has 3 atom stereocenters. The summed E-state index contributed by atoms with van der Waals surface area (Å²) in [6.07, 6.45) is 4.13. The van der Waals surface area contributed by atoms with Crippen LogP contribution < -0.4 is 0 Å². The maximum atomic E-state index is 12.8. The van der Waals surface area contributed by atoms with E-state index in [4.69, 9.17) is 9.26 Å². The van der Waals surface area contributed by atoms with Crippen molar-refractivity contribution in [2.75, 3.05) is 27.2 Å². The van der Waals surface area contributed by atoms with Crippen molar-refractivity contribution < 1.29 is 14.1 Å². The fourth-order valence-electron chi connectivity index (χ4n) is 4.09. The third kappa shape index (κ3) is 4.07. The Morgan fingerprint density at radius 2 is 2.30 bits per heavy atom. The molecule has 2 fully saturated rings. The van der Waals surface area contributed by atoms with Gasteiger partial charge in [-0.1, -0.05) is 11.2 Å². The molecule has 3 unspecified atom stereocenters. The molecule has 2 aliphatic rings. The van der Waals surface area contributed by atoms with Gasteiger partial charge in [-0.05, 0) is 44.8 Å². The highest BCUT2D eigenvalue weighted by Crippen LogP contribution is 2.31. The van der Waals surface area contributed by atoms with Gasteiger partial charge in [-0.2, -0.15) is 4.98 Å². The maximum Gasteiger partial charge on any atom is 0.227 e. The van der Waals surface area contributed by atoms with Gasteiger partial charge in [0.15, 0.2) is 0 Å². The molecule has 146 valence electrons. The lowest BCUT2D eigenvalue weighted by molar-refractivity contribution is -0.151. The zero-order valence-electron chi connectivity index (χ0n) is 15.8. The molecule has 1 aliphatic heterocycles. The van der Waals surface area contributed by atoms with Crippen molar-refractivity contribution >= 4 is 17.2 Å².